The normalized spacial score (nSPS) is 11.6. The highest BCUT2D eigenvalue weighted by molar-refractivity contribution is 5.94. The smallest absolute Gasteiger partial charge is 0.417 e. The first-order chi connectivity index (χ1) is 10.7. The Morgan fingerprint density at radius 3 is 2.43 bits per heavy atom. The van der Waals surface area contributed by atoms with Crippen LogP contribution in [0, 0.1) is 17.5 Å². The molecule has 124 valence electrons. The topological polar surface area (TPSA) is 67.9 Å². The van der Waals surface area contributed by atoms with Gasteiger partial charge in [0.05, 0.1) is 17.7 Å². The number of alkyl halides is 3. The second-order valence-corrected chi connectivity index (χ2v) is 4.15. The summed E-state index contributed by atoms with van der Waals surface area (Å²) in [5.41, 5.74) is -5.00. The predicted octanol–water partition coefficient (Wildman–Crippen LogP) is 3.08. The Hall–Kier alpha value is -2.59. The van der Waals surface area contributed by atoms with Crippen LogP contribution in [0.5, 0.6) is 0 Å². The van der Waals surface area contributed by atoms with E-state index >= 15 is 0 Å². The maximum atomic E-state index is 13.9. The van der Waals surface area contributed by atoms with E-state index in [4.69, 9.17) is 0 Å². The van der Waals surface area contributed by atoms with E-state index in [1.165, 1.54) is 6.92 Å². The summed E-state index contributed by atoms with van der Waals surface area (Å²) in [6.07, 6.45) is -5.23. The fourth-order valence-electron chi connectivity index (χ4n) is 1.80. The number of nitrogens with one attached hydrogen (secondary N) is 1. The summed E-state index contributed by atoms with van der Waals surface area (Å²) >= 11 is 0. The number of nitrogens with zero attached hydrogens (tertiary/aromatic N) is 2. The van der Waals surface area contributed by atoms with Gasteiger partial charge < -0.3 is 4.74 Å². The quantitative estimate of drug-likeness (QED) is 0.530. The van der Waals surface area contributed by atoms with Gasteiger partial charge in [0, 0.05) is 0 Å². The van der Waals surface area contributed by atoms with Crippen molar-refractivity contribution in [2.45, 2.75) is 13.1 Å². The van der Waals surface area contributed by atoms with Crippen LogP contribution in [0.1, 0.15) is 23.0 Å². The zero-order valence-corrected chi connectivity index (χ0v) is 11.3. The molecule has 0 saturated carbocycles. The standard InChI is InChI=1S/C12H7F6N3O2/c1-2-23-11(22)10-9(19-21-20-10)6-4(12(16,17)18)3-5(13)7(14)8(6)15/h3H,2H2,1H3,(H,19,20,21). The van der Waals surface area contributed by atoms with Crippen molar-refractivity contribution in [2.24, 2.45) is 0 Å². The number of carbonyl (C=O) groups is 1. The number of ether oxygens (including phenoxy) is 1. The van der Waals surface area contributed by atoms with Gasteiger partial charge in [0.2, 0.25) is 0 Å². The lowest BCUT2D eigenvalue weighted by molar-refractivity contribution is -0.137. The van der Waals surface area contributed by atoms with E-state index in [1.54, 1.807) is 0 Å². The Kier molecular flexibility index (Phi) is 4.30. The van der Waals surface area contributed by atoms with Gasteiger partial charge in [-0.15, -0.1) is 5.10 Å². The molecule has 23 heavy (non-hydrogen) atoms. The van der Waals surface area contributed by atoms with Crippen LogP contribution < -0.4 is 0 Å². The summed E-state index contributed by atoms with van der Waals surface area (Å²) in [7, 11) is 0. The van der Waals surface area contributed by atoms with Crippen molar-refractivity contribution in [3.05, 3.63) is 34.8 Å². The van der Waals surface area contributed by atoms with E-state index in [-0.39, 0.29) is 12.7 Å². The Morgan fingerprint density at radius 2 is 1.87 bits per heavy atom. The van der Waals surface area contributed by atoms with Crippen LogP contribution >= 0.6 is 0 Å². The molecule has 1 aromatic heterocycles. The molecule has 0 aliphatic rings. The predicted molar refractivity (Wildman–Crippen MR) is 62.7 cm³/mol. The summed E-state index contributed by atoms with van der Waals surface area (Å²) in [6.45, 7) is 1.27. The molecule has 1 N–H and O–H groups in total. The largest absolute Gasteiger partial charge is 0.461 e. The molecule has 5 nitrogen and oxygen atoms in total. The average molecular weight is 339 g/mol. The van der Waals surface area contributed by atoms with Gasteiger partial charge in [-0.25, -0.2) is 18.0 Å². The molecule has 0 spiro atoms. The number of H-pyrrole nitrogens is 1. The molecule has 0 radical (unpaired) electrons. The molecule has 0 saturated heterocycles. The van der Waals surface area contributed by atoms with E-state index in [1.807, 2.05) is 5.21 Å². The Morgan fingerprint density at radius 1 is 1.22 bits per heavy atom. The summed E-state index contributed by atoms with van der Waals surface area (Å²) < 4.78 is 83.8. The van der Waals surface area contributed by atoms with Crippen molar-refractivity contribution in [3.8, 4) is 11.3 Å². The van der Waals surface area contributed by atoms with Crippen molar-refractivity contribution in [1.82, 2.24) is 15.4 Å². The van der Waals surface area contributed by atoms with E-state index < -0.39 is 52.1 Å². The first-order valence-electron chi connectivity index (χ1n) is 6.01. The van der Waals surface area contributed by atoms with Gasteiger partial charge in [0.25, 0.3) is 0 Å². The third-order valence-corrected chi connectivity index (χ3v) is 2.72. The van der Waals surface area contributed by atoms with Crippen LogP contribution in [-0.2, 0) is 10.9 Å². The van der Waals surface area contributed by atoms with Crippen molar-refractivity contribution < 1.29 is 35.9 Å². The number of hydrogen-bond acceptors (Lipinski definition) is 4. The Bertz CT molecular complexity index is 756. The van der Waals surface area contributed by atoms with Crippen molar-refractivity contribution in [2.75, 3.05) is 6.61 Å². The van der Waals surface area contributed by atoms with Gasteiger partial charge in [0.15, 0.2) is 23.1 Å². The molecule has 0 unspecified atom stereocenters. The first-order valence-corrected chi connectivity index (χ1v) is 6.01. The van der Waals surface area contributed by atoms with Crippen molar-refractivity contribution in [3.63, 3.8) is 0 Å². The van der Waals surface area contributed by atoms with E-state index in [2.05, 4.69) is 14.9 Å². The van der Waals surface area contributed by atoms with Gasteiger partial charge in [-0.05, 0) is 13.0 Å². The van der Waals surface area contributed by atoms with E-state index in [0.717, 1.165) is 0 Å². The van der Waals surface area contributed by atoms with Crippen LogP contribution in [-0.4, -0.2) is 28.0 Å². The van der Waals surface area contributed by atoms with Gasteiger partial charge in [0.1, 0.15) is 5.69 Å². The van der Waals surface area contributed by atoms with Crippen molar-refractivity contribution >= 4 is 5.97 Å². The molecule has 0 aliphatic heterocycles. The molecule has 0 aliphatic carbocycles. The van der Waals surface area contributed by atoms with Crippen LogP contribution in [0.15, 0.2) is 6.07 Å². The number of esters is 1. The lowest BCUT2D eigenvalue weighted by Gasteiger charge is -2.13. The number of aromatic amines is 1. The highest BCUT2D eigenvalue weighted by atomic mass is 19.4. The molecular weight excluding hydrogens is 332 g/mol. The average Bonchev–Trinajstić information content (AvgIpc) is 2.92. The number of carbonyl (C=O) groups excluding carboxylic acids is 1. The van der Waals surface area contributed by atoms with Crippen LogP contribution in [0.25, 0.3) is 11.3 Å². The molecule has 2 rings (SSSR count). The third kappa shape index (κ3) is 2.98. The summed E-state index contributed by atoms with van der Waals surface area (Å²) in [5.74, 6) is -7.50. The fourth-order valence-corrected chi connectivity index (χ4v) is 1.80. The molecule has 0 bridgehead atoms. The number of aromatic nitrogens is 3. The summed E-state index contributed by atoms with van der Waals surface area (Å²) in [5, 5.41) is 8.32. The SMILES string of the molecule is CCOC(=O)c1n[nH]nc1-c1c(C(F)(F)F)cc(F)c(F)c1F. The second-order valence-electron chi connectivity index (χ2n) is 4.15. The molecule has 0 amide bonds. The maximum Gasteiger partial charge on any atom is 0.417 e. The summed E-state index contributed by atoms with van der Waals surface area (Å²) in [4.78, 5) is 11.6. The molecular formula is C12H7F6N3O2. The second kappa shape index (κ2) is 5.89. The maximum absolute atomic E-state index is 13.9. The Labute approximate surface area is 124 Å². The minimum Gasteiger partial charge on any atom is -0.461 e. The van der Waals surface area contributed by atoms with Gasteiger partial charge in [-0.2, -0.15) is 23.5 Å². The van der Waals surface area contributed by atoms with Crippen molar-refractivity contribution in [1.29, 1.82) is 0 Å². The molecule has 11 heteroatoms. The van der Waals surface area contributed by atoms with Gasteiger partial charge >= 0.3 is 12.1 Å². The number of halogens is 6. The van der Waals surface area contributed by atoms with Crippen LogP contribution in [0.3, 0.4) is 0 Å². The summed E-state index contributed by atoms with van der Waals surface area (Å²) in [6, 6.07) is -0.225. The molecule has 0 atom stereocenters. The Balaban J connectivity index is 2.76. The van der Waals surface area contributed by atoms with Crippen LogP contribution in [0.2, 0.25) is 0 Å². The third-order valence-electron chi connectivity index (χ3n) is 2.72. The zero-order valence-electron chi connectivity index (χ0n) is 11.3. The molecule has 2 aromatic rings. The molecule has 1 aromatic carbocycles. The number of rotatable bonds is 3. The number of benzene rings is 1. The highest BCUT2D eigenvalue weighted by Gasteiger charge is 2.39. The highest BCUT2D eigenvalue weighted by Crippen LogP contribution is 2.40. The molecule has 0 fully saturated rings. The van der Waals surface area contributed by atoms with E-state index in [0.29, 0.717) is 0 Å². The van der Waals surface area contributed by atoms with Gasteiger partial charge in [-0.1, -0.05) is 0 Å². The first kappa shape index (κ1) is 16.8. The fraction of sp³-hybridized carbons (Fsp3) is 0.250. The molecule has 1 heterocycles. The zero-order chi connectivity index (χ0) is 17.4. The minimum atomic E-state index is -5.23. The van der Waals surface area contributed by atoms with Crippen LogP contribution in [0.4, 0.5) is 26.3 Å². The monoisotopic (exact) mass is 339 g/mol. The lowest BCUT2D eigenvalue weighted by atomic mass is 10.0. The van der Waals surface area contributed by atoms with E-state index in [9.17, 15) is 31.1 Å². The number of hydrogen-bond donors (Lipinski definition) is 1. The minimum absolute atomic E-state index is 0.141. The lowest BCUT2D eigenvalue weighted by Crippen LogP contribution is -2.14. The van der Waals surface area contributed by atoms with Gasteiger partial charge in [-0.3, -0.25) is 0 Å².